The smallest absolute Gasteiger partial charge is 0.242 e. The van der Waals surface area contributed by atoms with Crippen LogP contribution in [0, 0.1) is 23.7 Å². The molecule has 7 nitrogen and oxygen atoms in total. The first-order chi connectivity index (χ1) is 16.1. The maximum Gasteiger partial charge on any atom is 0.242 e. The zero-order chi connectivity index (χ0) is 22.3. The molecule has 1 spiro atoms. The van der Waals surface area contributed by atoms with Crippen molar-refractivity contribution in [1.82, 2.24) is 14.4 Å². The number of fused-ring (bicyclic) bond motifs is 9. The Balaban J connectivity index is 1.06. The number of likely N-dealkylation sites (tertiary alicyclic amines) is 2. The average molecular weight is 445 g/mol. The zero-order valence-corrected chi connectivity index (χ0v) is 18.6. The highest BCUT2D eigenvalue weighted by molar-refractivity contribution is 6.08. The molecule has 3 aliphatic heterocycles. The van der Waals surface area contributed by atoms with Crippen molar-refractivity contribution in [2.45, 2.75) is 37.6 Å². The summed E-state index contributed by atoms with van der Waals surface area (Å²) in [5.74, 6) is 0.0852. The molecule has 7 rings (SSSR count). The Labute approximate surface area is 192 Å². The summed E-state index contributed by atoms with van der Waals surface area (Å²) in [5, 5.41) is 3.77. The summed E-state index contributed by atoms with van der Waals surface area (Å²) in [7, 11) is 0. The first-order valence-electron chi connectivity index (χ1n) is 12.2. The van der Waals surface area contributed by atoms with Gasteiger partial charge in [0.1, 0.15) is 6.54 Å². The number of para-hydroxylation sites is 2. The number of hydrogen-bond acceptors (Lipinski definition) is 4. The third-order valence-corrected chi connectivity index (χ3v) is 9.06. The summed E-state index contributed by atoms with van der Waals surface area (Å²) in [6, 6.07) is 12.5. The van der Waals surface area contributed by atoms with Crippen LogP contribution in [0.4, 0.5) is 5.69 Å². The Morgan fingerprint density at radius 2 is 1.67 bits per heavy atom. The lowest BCUT2D eigenvalue weighted by atomic mass is 9.81. The number of nitrogens with zero attached hydrogens (tertiary/aromatic N) is 3. The number of carbonyl (C=O) groups is 3. The molecular formula is C26H28N4O3. The minimum Gasteiger partial charge on any atom is -0.372 e. The van der Waals surface area contributed by atoms with Crippen LogP contribution in [0.15, 0.2) is 42.6 Å². The standard InChI is InChI=1S/C26H28N4O3/c31-21(15-30-24(32)22-16-7-8-17(14-16)23(22)25(30)33)28-12-9-26(10-13-28)20-6-3-11-29(20)19-5-2-1-4-18(19)27-26/h1-6,11,16-17,22-23,27H,7-10,12-15H2/t16-,17+,22-,23+. The molecule has 2 saturated heterocycles. The van der Waals surface area contributed by atoms with E-state index in [2.05, 4.69) is 40.3 Å². The number of rotatable bonds is 2. The number of hydrogen-bond donors (Lipinski definition) is 1. The van der Waals surface area contributed by atoms with Gasteiger partial charge in [0.2, 0.25) is 17.7 Å². The summed E-state index contributed by atoms with van der Waals surface area (Å²) in [5.41, 5.74) is 3.26. The molecule has 2 saturated carbocycles. The molecule has 33 heavy (non-hydrogen) atoms. The fourth-order valence-corrected chi connectivity index (χ4v) is 7.47. The van der Waals surface area contributed by atoms with Crippen molar-refractivity contribution >= 4 is 23.4 Å². The third kappa shape index (κ3) is 2.59. The molecule has 4 heterocycles. The maximum atomic E-state index is 13.2. The Morgan fingerprint density at radius 1 is 0.970 bits per heavy atom. The molecule has 0 radical (unpaired) electrons. The van der Waals surface area contributed by atoms with Gasteiger partial charge in [0.15, 0.2) is 0 Å². The van der Waals surface area contributed by atoms with Gasteiger partial charge in [-0.15, -0.1) is 0 Å². The van der Waals surface area contributed by atoms with Crippen LogP contribution >= 0.6 is 0 Å². The molecule has 7 heteroatoms. The van der Waals surface area contributed by atoms with Crippen molar-refractivity contribution in [3.05, 3.63) is 48.3 Å². The first kappa shape index (κ1) is 19.4. The van der Waals surface area contributed by atoms with Crippen LogP contribution in [-0.4, -0.2) is 51.7 Å². The molecule has 2 aliphatic carbocycles. The predicted octanol–water partition coefficient (Wildman–Crippen LogP) is 2.75. The van der Waals surface area contributed by atoms with Gasteiger partial charge in [-0.05, 0) is 68.2 Å². The van der Waals surface area contributed by atoms with E-state index < -0.39 is 0 Å². The van der Waals surface area contributed by atoms with Crippen LogP contribution in [0.2, 0.25) is 0 Å². The normalized spacial score (nSPS) is 30.9. The molecule has 0 unspecified atom stereocenters. The minimum absolute atomic E-state index is 0.0935. The number of piperidine rings is 1. The van der Waals surface area contributed by atoms with Gasteiger partial charge < -0.3 is 14.8 Å². The van der Waals surface area contributed by atoms with E-state index in [0.717, 1.165) is 43.5 Å². The fraction of sp³-hybridized carbons (Fsp3) is 0.500. The predicted molar refractivity (Wildman–Crippen MR) is 121 cm³/mol. The van der Waals surface area contributed by atoms with E-state index in [1.807, 2.05) is 17.0 Å². The van der Waals surface area contributed by atoms with E-state index >= 15 is 0 Å². The largest absolute Gasteiger partial charge is 0.372 e. The lowest BCUT2D eigenvalue weighted by Crippen LogP contribution is -2.53. The molecule has 4 atom stereocenters. The number of benzene rings is 1. The monoisotopic (exact) mass is 444 g/mol. The second kappa shape index (κ2) is 6.72. The Morgan fingerprint density at radius 3 is 2.39 bits per heavy atom. The van der Waals surface area contributed by atoms with E-state index in [1.54, 1.807) is 0 Å². The van der Waals surface area contributed by atoms with Gasteiger partial charge in [0, 0.05) is 25.0 Å². The lowest BCUT2D eigenvalue weighted by Gasteiger charge is -2.46. The van der Waals surface area contributed by atoms with Crippen molar-refractivity contribution in [3.8, 4) is 5.69 Å². The minimum atomic E-state index is -0.218. The van der Waals surface area contributed by atoms with Gasteiger partial charge in [-0.2, -0.15) is 0 Å². The second-order valence-electron chi connectivity index (χ2n) is 10.5. The summed E-state index contributed by atoms with van der Waals surface area (Å²) in [6.45, 7) is 1.12. The molecular weight excluding hydrogens is 416 g/mol. The van der Waals surface area contributed by atoms with Gasteiger partial charge in [0.25, 0.3) is 0 Å². The van der Waals surface area contributed by atoms with E-state index in [4.69, 9.17) is 0 Å². The van der Waals surface area contributed by atoms with E-state index in [9.17, 15) is 14.4 Å². The van der Waals surface area contributed by atoms with Gasteiger partial charge in [-0.3, -0.25) is 19.3 Å². The third-order valence-electron chi connectivity index (χ3n) is 9.06. The highest BCUT2D eigenvalue weighted by Gasteiger charge is 2.61. The Hall–Kier alpha value is -3.09. The van der Waals surface area contributed by atoms with Gasteiger partial charge in [-0.25, -0.2) is 0 Å². The SMILES string of the molecule is O=C(CN1C(=O)[C@@H]2[C@@H]3CC[C@@H](C3)[C@@H]2C1=O)N1CCC2(CC1)Nc1ccccc1-n1cccc12. The Bertz CT molecular complexity index is 1150. The van der Waals surface area contributed by atoms with Crippen LogP contribution < -0.4 is 5.32 Å². The van der Waals surface area contributed by atoms with Crippen LogP contribution in [0.5, 0.6) is 0 Å². The van der Waals surface area contributed by atoms with Crippen LogP contribution in [0.1, 0.15) is 37.8 Å². The van der Waals surface area contributed by atoms with Crippen molar-refractivity contribution in [2.75, 3.05) is 25.0 Å². The molecule has 1 N–H and O–H groups in total. The average Bonchev–Trinajstić information content (AvgIpc) is 3.61. The highest BCUT2D eigenvalue weighted by Crippen LogP contribution is 2.56. The van der Waals surface area contributed by atoms with Crippen molar-refractivity contribution in [3.63, 3.8) is 0 Å². The Kier molecular flexibility index (Phi) is 3.94. The number of anilines is 1. The molecule has 1 aromatic heterocycles. The quantitative estimate of drug-likeness (QED) is 0.723. The molecule has 170 valence electrons. The summed E-state index contributed by atoms with van der Waals surface area (Å²) >= 11 is 0. The number of amides is 3. The van der Waals surface area contributed by atoms with Crippen LogP contribution in [0.3, 0.4) is 0 Å². The fourth-order valence-electron chi connectivity index (χ4n) is 7.47. The zero-order valence-electron chi connectivity index (χ0n) is 18.6. The van der Waals surface area contributed by atoms with Gasteiger partial charge in [0.05, 0.1) is 28.7 Å². The molecule has 2 aromatic rings. The number of carbonyl (C=O) groups excluding carboxylic acids is 3. The van der Waals surface area contributed by atoms with Crippen LogP contribution in [-0.2, 0) is 19.9 Å². The number of nitrogens with one attached hydrogen (secondary N) is 1. The maximum absolute atomic E-state index is 13.2. The summed E-state index contributed by atoms with van der Waals surface area (Å²) in [4.78, 5) is 42.3. The van der Waals surface area contributed by atoms with E-state index in [0.29, 0.717) is 24.9 Å². The molecule has 4 fully saturated rings. The molecule has 3 amide bonds. The van der Waals surface area contributed by atoms with Crippen LogP contribution in [0.25, 0.3) is 5.69 Å². The topological polar surface area (TPSA) is 74.7 Å². The van der Waals surface area contributed by atoms with E-state index in [-0.39, 0.29) is 41.6 Å². The first-order valence-corrected chi connectivity index (χ1v) is 12.2. The summed E-state index contributed by atoms with van der Waals surface area (Å²) in [6.07, 6.45) is 6.80. The second-order valence-corrected chi connectivity index (χ2v) is 10.5. The van der Waals surface area contributed by atoms with Gasteiger partial charge in [-0.1, -0.05) is 12.1 Å². The van der Waals surface area contributed by atoms with E-state index in [1.165, 1.54) is 10.6 Å². The molecule has 2 bridgehead atoms. The van der Waals surface area contributed by atoms with Crippen molar-refractivity contribution in [1.29, 1.82) is 0 Å². The van der Waals surface area contributed by atoms with Crippen molar-refractivity contribution < 1.29 is 14.4 Å². The van der Waals surface area contributed by atoms with Crippen molar-refractivity contribution in [2.24, 2.45) is 23.7 Å². The lowest BCUT2D eigenvalue weighted by molar-refractivity contribution is -0.147. The number of aromatic nitrogens is 1. The molecule has 5 aliphatic rings. The summed E-state index contributed by atoms with van der Waals surface area (Å²) < 4.78 is 2.25. The van der Waals surface area contributed by atoms with Gasteiger partial charge >= 0.3 is 0 Å². The highest BCUT2D eigenvalue weighted by atomic mass is 16.2. The molecule has 1 aromatic carbocycles. The number of imide groups is 1.